The van der Waals surface area contributed by atoms with E-state index >= 15 is 0 Å². The third kappa shape index (κ3) is 5.98. The summed E-state index contributed by atoms with van der Waals surface area (Å²) in [7, 11) is -4.27. The quantitative estimate of drug-likeness (QED) is 0.278. The number of ether oxygens (including phenoxy) is 2. The van der Waals surface area contributed by atoms with E-state index in [0.29, 0.717) is 29.5 Å². The fourth-order valence-electron chi connectivity index (χ4n) is 3.76. The number of aromatic nitrogens is 3. The number of halogens is 1. The van der Waals surface area contributed by atoms with Crippen LogP contribution in [-0.4, -0.2) is 40.6 Å². The smallest absolute Gasteiger partial charge is 0.341 e. The molecule has 1 saturated carbocycles. The zero-order valence-corrected chi connectivity index (χ0v) is 21.0. The maximum atomic E-state index is 13.9. The van der Waals surface area contributed by atoms with Crippen molar-refractivity contribution >= 4 is 27.0 Å². The van der Waals surface area contributed by atoms with Gasteiger partial charge in [-0.1, -0.05) is 30.3 Å². The second-order valence-corrected chi connectivity index (χ2v) is 10.6. The van der Waals surface area contributed by atoms with E-state index in [0.717, 1.165) is 29.5 Å². The summed E-state index contributed by atoms with van der Waals surface area (Å²) in [5, 5.41) is 9.82. The van der Waals surface area contributed by atoms with Crippen LogP contribution >= 0.6 is 0 Å². The number of fused-ring (bicyclic) bond motifs is 1. The number of carbonyl (C=O) groups excluding carboxylic acids is 1. The molecule has 0 amide bonds. The van der Waals surface area contributed by atoms with E-state index in [1.807, 2.05) is 0 Å². The van der Waals surface area contributed by atoms with Crippen molar-refractivity contribution in [3.63, 3.8) is 0 Å². The Kier molecular flexibility index (Phi) is 7.36. The standard InChI is InChI=1S/C26H25FN4O6S/c27-19-8-9-23-22(12-19)30-26(31(23)16-37-25(33)24(32)18-4-2-1-3-5-18)38(34,35)29-14-20-13-21(10-11-28-20)36-15-17-6-7-17/h1-5,8-13,17,24,29,32H,6-7,14-16H2. The zero-order chi connectivity index (χ0) is 26.7. The molecule has 10 nitrogen and oxygen atoms in total. The first-order valence-corrected chi connectivity index (χ1v) is 13.4. The lowest BCUT2D eigenvalue weighted by atomic mass is 10.1. The molecule has 12 heteroatoms. The Bertz CT molecular complexity index is 1560. The molecule has 198 valence electrons. The third-order valence-corrected chi connectivity index (χ3v) is 7.32. The van der Waals surface area contributed by atoms with E-state index in [2.05, 4.69) is 14.7 Å². The number of nitrogens with one attached hydrogen (secondary N) is 1. The number of hydrogen-bond donors (Lipinski definition) is 2. The zero-order valence-electron chi connectivity index (χ0n) is 20.2. The van der Waals surface area contributed by atoms with Crippen molar-refractivity contribution in [3.8, 4) is 5.75 Å². The second kappa shape index (κ2) is 10.9. The summed E-state index contributed by atoms with van der Waals surface area (Å²) in [5.74, 6) is -0.440. The SMILES string of the molecule is O=C(OCn1c(S(=O)(=O)NCc2cc(OCC3CC3)ccn2)nc2cc(F)ccc21)C(O)c1ccccc1. The minimum absolute atomic E-state index is 0.0543. The molecule has 2 N–H and O–H groups in total. The van der Waals surface area contributed by atoms with Gasteiger partial charge in [0.25, 0.3) is 10.0 Å². The second-order valence-electron chi connectivity index (χ2n) is 8.92. The maximum absolute atomic E-state index is 13.9. The van der Waals surface area contributed by atoms with Crippen LogP contribution in [0.1, 0.15) is 30.2 Å². The van der Waals surface area contributed by atoms with Crippen LogP contribution in [0.2, 0.25) is 0 Å². The fourth-order valence-corrected chi connectivity index (χ4v) is 4.89. The number of imidazole rings is 1. The Morgan fingerprint density at radius 2 is 1.95 bits per heavy atom. The van der Waals surface area contributed by atoms with Crippen LogP contribution in [0.4, 0.5) is 4.39 Å². The van der Waals surface area contributed by atoms with Crippen molar-refractivity contribution in [2.75, 3.05) is 6.61 Å². The number of rotatable bonds is 11. The van der Waals surface area contributed by atoms with Crippen molar-refractivity contribution in [3.05, 3.63) is 83.9 Å². The molecule has 5 rings (SSSR count). The van der Waals surface area contributed by atoms with Gasteiger partial charge in [0, 0.05) is 18.3 Å². The minimum atomic E-state index is -4.27. The van der Waals surface area contributed by atoms with E-state index in [-0.39, 0.29) is 17.6 Å². The number of aliphatic hydroxyl groups excluding tert-OH is 1. The molecule has 0 radical (unpaired) electrons. The maximum Gasteiger partial charge on any atom is 0.341 e. The molecule has 0 bridgehead atoms. The summed E-state index contributed by atoms with van der Waals surface area (Å²) in [6, 6.07) is 15.1. The predicted molar refractivity (Wildman–Crippen MR) is 134 cm³/mol. The third-order valence-electron chi connectivity index (χ3n) is 6.00. The highest BCUT2D eigenvalue weighted by atomic mass is 32.2. The first-order chi connectivity index (χ1) is 18.3. The number of benzene rings is 2. The Balaban J connectivity index is 1.34. The normalized spacial score (nSPS) is 14.4. The van der Waals surface area contributed by atoms with Gasteiger partial charge in [0.15, 0.2) is 12.8 Å². The van der Waals surface area contributed by atoms with Crippen molar-refractivity contribution in [2.24, 2.45) is 5.92 Å². The lowest BCUT2D eigenvalue weighted by Gasteiger charge is -2.14. The number of nitrogens with zero attached hydrogens (tertiary/aromatic N) is 3. The molecule has 2 heterocycles. The molecule has 1 atom stereocenters. The molecule has 1 fully saturated rings. The van der Waals surface area contributed by atoms with Gasteiger partial charge in [0.05, 0.1) is 29.9 Å². The molecule has 1 unspecified atom stereocenters. The largest absolute Gasteiger partial charge is 0.493 e. The number of aliphatic hydroxyl groups is 1. The van der Waals surface area contributed by atoms with Gasteiger partial charge in [-0.05, 0) is 42.5 Å². The van der Waals surface area contributed by atoms with Crippen molar-refractivity contribution < 1.29 is 32.2 Å². The lowest BCUT2D eigenvalue weighted by molar-refractivity contribution is -0.158. The molecule has 1 aliphatic carbocycles. The van der Waals surface area contributed by atoms with Gasteiger partial charge in [0.2, 0.25) is 5.16 Å². The molecule has 0 spiro atoms. The summed E-state index contributed by atoms with van der Waals surface area (Å²) in [6.07, 6.45) is 2.25. The molecule has 4 aromatic rings. The van der Waals surface area contributed by atoms with Crippen LogP contribution in [-0.2, 0) is 32.8 Å². The molecule has 2 aromatic carbocycles. The van der Waals surface area contributed by atoms with E-state index in [9.17, 15) is 22.7 Å². The molecule has 1 aliphatic rings. The van der Waals surface area contributed by atoms with Crippen LogP contribution < -0.4 is 9.46 Å². The van der Waals surface area contributed by atoms with Gasteiger partial charge >= 0.3 is 5.97 Å². The van der Waals surface area contributed by atoms with Crippen molar-refractivity contribution in [1.82, 2.24) is 19.3 Å². The summed E-state index contributed by atoms with van der Waals surface area (Å²) in [4.78, 5) is 20.7. The summed E-state index contributed by atoms with van der Waals surface area (Å²) in [5.41, 5.74) is 1.02. The molecule has 0 aliphatic heterocycles. The topological polar surface area (TPSA) is 133 Å². The van der Waals surface area contributed by atoms with Crippen LogP contribution in [0.5, 0.6) is 5.75 Å². The molecule has 0 saturated heterocycles. The number of carbonyl (C=O) groups is 1. The average Bonchev–Trinajstić information content (AvgIpc) is 3.69. The van der Waals surface area contributed by atoms with Gasteiger partial charge in [-0.15, -0.1) is 0 Å². The highest BCUT2D eigenvalue weighted by Gasteiger charge is 2.26. The van der Waals surface area contributed by atoms with Gasteiger partial charge in [0.1, 0.15) is 11.6 Å². The Morgan fingerprint density at radius 3 is 2.71 bits per heavy atom. The number of pyridine rings is 1. The summed E-state index contributed by atoms with van der Waals surface area (Å²) in [6.45, 7) is -0.135. The van der Waals surface area contributed by atoms with Crippen LogP contribution in [0, 0.1) is 11.7 Å². The van der Waals surface area contributed by atoms with E-state index in [4.69, 9.17) is 9.47 Å². The Labute approximate surface area is 218 Å². The van der Waals surface area contributed by atoms with Gasteiger partial charge in [-0.3, -0.25) is 9.55 Å². The summed E-state index contributed by atoms with van der Waals surface area (Å²) < 4.78 is 54.9. The molecule has 2 aromatic heterocycles. The van der Waals surface area contributed by atoms with Crippen molar-refractivity contribution in [2.45, 2.75) is 37.4 Å². The van der Waals surface area contributed by atoms with Crippen molar-refractivity contribution in [1.29, 1.82) is 0 Å². The van der Waals surface area contributed by atoms with E-state index in [1.54, 1.807) is 42.5 Å². The first kappa shape index (κ1) is 25.8. The highest BCUT2D eigenvalue weighted by Crippen LogP contribution is 2.29. The minimum Gasteiger partial charge on any atom is -0.493 e. The first-order valence-electron chi connectivity index (χ1n) is 11.9. The number of hydrogen-bond acceptors (Lipinski definition) is 8. The molecular formula is C26H25FN4O6S. The Hall–Kier alpha value is -3.87. The van der Waals surface area contributed by atoms with Crippen LogP contribution in [0.25, 0.3) is 11.0 Å². The number of esters is 1. The number of sulfonamides is 1. The lowest BCUT2D eigenvalue weighted by Crippen LogP contribution is -2.28. The van der Waals surface area contributed by atoms with Gasteiger partial charge in [-0.25, -0.2) is 27.3 Å². The predicted octanol–water partition coefficient (Wildman–Crippen LogP) is 3.07. The van der Waals surface area contributed by atoms with Crippen LogP contribution in [0.3, 0.4) is 0 Å². The van der Waals surface area contributed by atoms with E-state index < -0.39 is 39.8 Å². The Morgan fingerprint density at radius 1 is 1.16 bits per heavy atom. The summed E-state index contributed by atoms with van der Waals surface area (Å²) >= 11 is 0. The highest BCUT2D eigenvalue weighted by molar-refractivity contribution is 7.89. The van der Waals surface area contributed by atoms with Crippen LogP contribution in [0.15, 0.2) is 72.0 Å². The monoisotopic (exact) mass is 540 g/mol. The molecule has 38 heavy (non-hydrogen) atoms. The van der Waals surface area contributed by atoms with Gasteiger partial charge in [-0.2, -0.15) is 0 Å². The fraction of sp³-hybridized carbons (Fsp3) is 0.269. The van der Waals surface area contributed by atoms with Gasteiger partial charge < -0.3 is 14.6 Å². The molecular weight excluding hydrogens is 515 g/mol. The van der Waals surface area contributed by atoms with E-state index in [1.165, 1.54) is 12.3 Å². The average molecular weight is 541 g/mol.